The van der Waals surface area contributed by atoms with Gasteiger partial charge in [-0.1, -0.05) is 29.8 Å². The van der Waals surface area contributed by atoms with Crippen LogP contribution in [0.4, 0.5) is 52.7 Å². The molecule has 0 atom stereocenters. The molecular formula is C33H16F12O2. The lowest BCUT2D eigenvalue weighted by molar-refractivity contribution is -0.190. The summed E-state index contributed by atoms with van der Waals surface area (Å²) in [6.07, 6.45) is -9.61. The SMILES string of the molecule is Cc1ccc(-c2cc(F)c(C(F)(F)Oc3ccc(-c4cc(F)c(C(F)(F)Oc5cc(F)c(F)c(F)c5)c(F)c4)c(F)c3)c(F)c2)cc1. The fourth-order valence-corrected chi connectivity index (χ4v) is 4.55. The molecule has 0 aliphatic carbocycles. The second kappa shape index (κ2) is 12.2. The Morgan fingerprint density at radius 2 is 0.851 bits per heavy atom. The van der Waals surface area contributed by atoms with Crippen LogP contribution in [0.1, 0.15) is 16.7 Å². The van der Waals surface area contributed by atoms with Crippen LogP contribution in [0.5, 0.6) is 11.5 Å². The third-order valence-corrected chi connectivity index (χ3v) is 6.75. The average Bonchev–Trinajstić information content (AvgIpc) is 2.94. The Morgan fingerprint density at radius 3 is 1.32 bits per heavy atom. The zero-order chi connectivity index (χ0) is 34.4. The van der Waals surface area contributed by atoms with Gasteiger partial charge >= 0.3 is 12.2 Å². The summed E-state index contributed by atoms with van der Waals surface area (Å²) in [5, 5.41) is 0. The Balaban J connectivity index is 1.39. The molecule has 0 saturated heterocycles. The summed E-state index contributed by atoms with van der Waals surface area (Å²) in [4.78, 5) is 0. The Hall–Kier alpha value is -5.14. The van der Waals surface area contributed by atoms with Gasteiger partial charge in [0.1, 0.15) is 51.7 Å². The first-order valence-electron chi connectivity index (χ1n) is 13.1. The Morgan fingerprint density at radius 1 is 0.426 bits per heavy atom. The standard InChI is InChI=1S/C33H16F12O2/c1-15-2-4-16(5-3-15)17-8-23(35)29(24(36)9-17)32(42,43)46-19-6-7-21(22(34)12-19)18-10-25(37)30(26(38)11-18)33(44,45)47-20-13-27(39)31(41)28(40)14-20/h2-14H,1H3. The smallest absolute Gasteiger partial charge is 0.429 e. The molecule has 5 aromatic rings. The van der Waals surface area contributed by atoms with E-state index in [9.17, 15) is 52.7 Å². The molecule has 0 aromatic heterocycles. The van der Waals surface area contributed by atoms with Crippen LogP contribution >= 0.6 is 0 Å². The van der Waals surface area contributed by atoms with Gasteiger partial charge in [0.2, 0.25) is 0 Å². The maximum Gasteiger partial charge on any atom is 0.432 e. The van der Waals surface area contributed by atoms with Crippen molar-refractivity contribution >= 4 is 0 Å². The van der Waals surface area contributed by atoms with E-state index in [2.05, 4.69) is 9.47 Å². The number of rotatable bonds is 8. The van der Waals surface area contributed by atoms with Crippen LogP contribution in [-0.4, -0.2) is 0 Å². The van der Waals surface area contributed by atoms with Crippen molar-refractivity contribution < 1.29 is 62.2 Å². The van der Waals surface area contributed by atoms with Crippen LogP contribution in [-0.2, 0) is 12.2 Å². The molecule has 0 aliphatic rings. The molecule has 5 rings (SSSR count). The Bertz CT molecular complexity index is 1920. The number of benzene rings is 5. The highest BCUT2D eigenvalue weighted by Crippen LogP contribution is 2.40. The number of halogens is 12. The van der Waals surface area contributed by atoms with Crippen molar-refractivity contribution in [2.24, 2.45) is 0 Å². The van der Waals surface area contributed by atoms with Crippen LogP contribution in [0.2, 0.25) is 0 Å². The third-order valence-electron chi connectivity index (χ3n) is 6.75. The van der Waals surface area contributed by atoms with Gasteiger partial charge in [0.05, 0.1) is 0 Å². The van der Waals surface area contributed by atoms with Crippen molar-refractivity contribution in [2.75, 3.05) is 0 Å². The highest BCUT2D eigenvalue weighted by Gasteiger charge is 2.43. The molecule has 0 heterocycles. The molecule has 0 unspecified atom stereocenters. The van der Waals surface area contributed by atoms with Crippen LogP contribution in [0, 0.1) is 53.5 Å². The average molecular weight is 672 g/mol. The number of hydrogen-bond donors (Lipinski definition) is 0. The summed E-state index contributed by atoms with van der Waals surface area (Å²) >= 11 is 0. The molecule has 0 saturated carbocycles. The fraction of sp³-hybridized carbons (Fsp3) is 0.0909. The van der Waals surface area contributed by atoms with Gasteiger partial charge in [-0.15, -0.1) is 0 Å². The second-order valence-corrected chi connectivity index (χ2v) is 10.1. The van der Waals surface area contributed by atoms with Gasteiger partial charge in [-0.25, -0.2) is 35.1 Å². The minimum absolute atomic E-state index is 0.00224. The van der Waals surface area contributed by atoms with Crippen LogP contribution in [0.3, 0.4) is 0 Å². The van der Waals surface area contributed by atoms with Gasteiger partial charge in [-0.3, -0.25) is 0 Å². The molecule has 14 heteroatoms. The van der Waals surface area contributed by atoms with E-state index < -0.39 is 92.5 Å². The number of alkyl halides is 4. The van der Waals surface area contributed by atoms with E-state index in [1.165, 1.54) is 12.1 Å². The molecule has 0 radical (unpaired) electrons. The van der Waals surface area contributed by atoms with Gasteiger partial charge < -0.3 is 9.47 Å². The maximum absolute atomic E-state index is 14.9. The molecule has 0 fully saturated rings. The maximum atomic E-state index is 14.9. The van der Waals surface area contributed by atoms with Gasteiger partial charge in [-0.05, 0) is 60.0 Å². The molecular weight excluding hydrogens is 656 g/mol. The minimum atomic E-state index is -4.92. The summed E-state index contributed by atoms with van der Waals surface area (Å²) in [6.45, 7) is 1.76. The van der Waals surface area contributed by atoms with Gasteiger partial charge in [0.25, 0.3) is 0 Å². The van der Waals surface area contributed by atoms with Gasteiger partial charge in [-0.2, -0.15) is 17.6 Å². The Kier molecular flexibility index (Phi) is 8.65. The largest absolute Gasteiger partial charge is 0.432 e. The van der Waals surface area contributed by atoms with Crippen molar-refractivity contribution in [2.45, 2.75) is 19.1 Å². The first kappa shape index (κ1) is 33.2. The van der Waals surface area contributed by atoms with E-state index in [1.807, 2.05) is 0 Å². The third kappa shape index (κ3) is 6.71. The van der Waals surface area contributed by atoms with E-state index in [-0.39, 0.29) is 29.8 Å². The summed E-state index contributed by atoms with van der Waals surface area (Å²) in [5.74, 6) is -17.1. The fourth-order valence-electron chi connectivity index (χ4n) is 4.55. The quantitative estimate of drug-likeness (QED) is 0.121. The normalized spacial score (nSPS) is 11.9. The van der Waals surface area contributed by atoms with Gasteiger partial charge in [0.15, 0.2) is 17.5 Å². The molecule has 244 valence electrons. The van der Waals surface area contributed by atoms with E-state index in [0.717, 1.165) is 5.56 Å². The molecule has 0 spiro atoms. The summed E-state index contributed by atoms with van der Waals surface area (Å²) in [7, 11) is 0. The minimum Gasteiger partial charge on any atom is -0.429 e. The van der Waals surface area contributed by atoms with E-state index in [1.54, 1.807) is 19.1 Å². The molecule has 0 N–H and O–H groups in total. The zero-order valence-corrected chi connectivity index (χ0v) is 23.4. The van der Waals surface area contributed by atoms with Crippen molar-refractivity contribution in [1.82, 2.24) is 0 Å². The lowest BCUT2D eigenvalue weighted by Gasteiger charge is -2.21. The predicted molar refractivity (Wildman–Crippen MR) is 144 cm³/mol. The summed E-state index contributed by atoms with van der Waals surface area (Å²) in [5.41, 5.74) is -4.17. The van der Waals surface area contributed by atoms with Crippen molar-refractivity contribution in [3.63, 3.8) is 0 Å². The number of hydrogen-bond acceptors (Lipinski definition) is 2. The molecule has 0 bridgehead atoms. The van der Waals surface area contributed by atoms with Crippen LogP contribution in [0.25, 0.3) is 22.3 Å². The van der Waals surface area contributed by atoms with Crippen molar-refractivity contribution in [3.8, 4) is 33.8 Å². The second-order valence-electron chi connectivity index (χ2n) is 10.1. The lowest BCUT2D eigenvalue weighted by Crippen LogP contribution is -2.25. The summed E-state index contributed by atoms with van der Waals surface area (Å²) in [6, 6.07) is 9.67. The topological polar surface area (TPSA) is 18.5 Å². The first-order chi connectivity index (χ1) is 22.0. The van der Waals surface area contributed by atoms with E-state index in [0.29, 0.717) is 35.9 Å². The molecule has 5 aromatic carbocycles. The lowest BCUT2D eigenvalue weighted by atomic mass is 10.0. The monoisotopic (exact) mass is 672 g/mol. The first-order valence-corrected chi connectivity index (χ1v) is 13.1. The molecule has 47 heavy (non-hydrogen) atoms. The van der Waals surface area contributed by atoms with Gasteiger partial charge in [0, 0.05) is 23.8 Å². The summed E-state index contributed by atoms with van der Waals surface area (Å²) < 4.78 is 181. The van der Waals surface area contributed by atoms with E-state index in [4.69, 9.17) is 0 Å². The molecule has 0 aliphatic heterocycles. The van der Waals surface area contributed by atoms with Crippen molar-refractivity contribution in [1.29, 1.82) is 0 Å². The van der Waals surface area contributed by atoms with Crippen molar-refractivity contribution in [3.05, 3.63) is 142 Å². The highest BCUT2D eigenvalue weighted by molar-refractivity contribution is 5.66. The van der Waals surface area contributed by atoms with Crippen LogP contribution in [0.15, 0.2) is 78.9 Å². The highest BCUT2D eigenvalue weighted by atomic mass is 19.3. The van der Waals surface area contributed by atoms with Crippen LogP contribution < -0.4 is 9.47 Å². The number of ether oxygens (including phenoxy) is 2. The zero-order valence-electron chi connectivity index (χ0n) is 23.4. The number of aryl methyl sites for hydroxylation is 1. The Labute approximate surface area is 257 Å². The predicted octanol–water partition coefficient (Wildman–Crippen LogP) is 10.7. The molecule has 0 amide bonds. The van der Waals surface area contributed by atoms with E-state index >= 15 is 0 Å². The molecule has 2 nitrogen and oxygen atoms in total.